The number of nitrogens with zero attached hydrogens (tertiary/aromatic N) is 3. The standard InChI is InChI=1S/C20H21N3O2/c24-19(22-9-4-1-5-10-22)16-12-17(14-21-13-16)20(25)23-11-8-15-6-2-3-7-18(15)23/h2-3,6-7,12-14H,1,4-5,8-11H2. The Morgan fingerprint density at radius 3 is 2.40 bits per heavy atom. The maximum Gasteiger partial charge on any atom is 0.259 e. The zero-order valence-electron chi connectivity index (χ0n) is 14.1. The van der Waals surface area contributed by atoms with Gasteiger partial charge in [-0.2, -0.15) is 0 Å². The van der Waals surface area contributed by atoms with E-state index in [1.807, 2.05) is 23.1 Å². The van der Waals surface area contributed by atoms with Crippen LogP contribution in [-0.4, -0.2) is 41.3 Å². The Morgan fingerprint density at radius 1 is 0.880 bits per heavy atom. The van der Waals surface area contributed by atoms with E-state index in [2.05, 4.69) is 11.1 Å². The number of fused-ring (bicyclic) bond motifs is 1. The van der Waals surface area contributed by atoms with Gasteiger partial charge in [-0.25, -0.2) is 0 Å². The zero-order valence-corrected chi connectivity index (χ0v) is 14.1. The molecule has 5 nitrogen and oxygen atoms in total. The number of amides is 2. The Balaban J connectivity index is 1.57. The number of para-hydroxylation sites is 1. The van der Waals surface area contributed by atoms with Crippen LogP contribution >= 0.6 is 0 Å². The lowest BCUT2D eigenvalue weighted by molar-refractivity contribution is 0.0724. The molecule has 0 unspecified atom stereocenters. The molecule has 1 aromatic carbocycles. The first-order valence-corrected chi connectivity index (χ1v) is 8.88. The molecule has 0 saturated carbocycles. The van der Waals surface area contributed by atoms with Gasteiger partial charge in [0.05, 0.1) is 11.1 Å². The Labute approximate surface area is 147 Å². The van der Waals surface area contributed by atoms with Crippen molar-refractivity contribution in [2.24, 2.45) is 0 Å². The van der Waals surface area contributed by atoms with Crippen molar-refractivity contribution in [3.05, 3.63) is 59.4 Å². The molecule has 0 atom stereocenters. The number of anilines is 1. The monoisotopic (exact) mass is 335 g/mol. The second-order valence-corrected chi connectivity index (χ2v) is 6.65. The maximum absolute atomic E-state index is 12.9. The molecule has 2 amide bonds. The molecule has 0 bridgehead atoms. The number of rotatable bonds is 2. The number of aromatic nitrogens is 1. The molecule has 2 aliphatic heterocycles. The smallest absolute Gasteiger partial charge is 0.259 e. The van der Waals surface area contributed by atoms with E-state index in [-0.39, 0.29) is 11.8 Å². The lowest BCUT2D eigenvalue weighted by Gasteiger charge is -2.26. The SMILES string of the molecule is O=C(c1cncc(C(=O)N2CCc3ccccc32)c1)N1CCCCC1. The van der Waals surface area contributed by atoms with Gasteiger partial charge in [-0.15, -0.1) is 0 Å². The summed E-state index contributed by atoms with van der Waals surface area (Å²) in [6, 6.07) is 9.64. The minimum atomic E-state index is -0.0919. The maximum atomic E-state index is 12.9. The van der Waals surface area contributed by atoms with E-state index < -0.39 is 0 Å². The molecule has 1 saturated heterocycles. The summed E-state index contributed by atoms with van der Waals surface area (Å²) in [6.45, 7) is 2.25. The highest BCUT2D eigenvalue weighted by molar-refractivity contribution is 6.08. The van der Waals surface area contributed by atoms with Crippen LogP contribution in [0.25, 0.3) is 0 Å². The van der Waals surface area contributed by atoms with Crippen molar-refractivity contribution in [2.75, 3.05) is 24.5 Å². The van der Waals surface area contributed by atoms with Crippen LogP contribution in [0, 0.1) is 0 Å². The summed E-state index contributed by atoms with van der Waals surface area (Å²) >= 11 is 0. The van der Waals surface area contributed by atoms with Crippen LogP contribution in [0.15, 0.2) is 42.7 Å². The highest BCUT2D eigenvalue weighted by atomic mass is 16.2. The quantitative estimate of drug-likeness (QED) is 0.848. The first-order chi connectivity index (χ1) is 12.2. The summed E-state index contributed by atoms with van der Waals surface area (Å²) in [5, 5.41) is 0. The summed E-state index contributed by atoms with van der Waals surface area (Å²) in [7, 11) is 0. The number of hydrogen-bond donors (Lipinski definition) is 0. The molecule has 0 radical (unpaired) electrons. The fraction of sp³-hybridized carbons (Fsp3) is 0.350. The fourth-order valence-electron chi connectivity index (χ4n) is 3.66. The molecule has 0 aliphatic carbocycles. The van der Waals surface area contributed by atoms with Gasteiger partial charge in [0, 0.05) is 37.7 Å². The molecule has 1 fully saturated rings. The van der Waals surface area contributed by atoms with Crippen LogP contribution in [0.1, 0.15) is 45.5 Å². The molecular weight excluding hydrogens is 314 g/mol. The van der Waals surface area contributed by atoms with E-state index in [1.165, 1.54) is 12.0 Å². The molecule has 128 valence electrons. The third-order valence-electron chi connectivity index (χ3n) is 5.01. The number of hydrogen-bond acceptors (Lipinski definition) is 3. The topological polar surface area (TPSA) is 53.5 Å². The Kier molecular flexibility index (Phi) is 4.22. The van der Waals surface area contributed by atoms with Crippen LogP contribution in [0.5, 0.6) is 0 Å². The Hall–Kier alpha value is -2.69. The predicted octanol–water partition coefficient (Wildman–Crippen LogP) is 2.91. The van der Waals surface area contributed by atoms with Crippen molar-refractivity contribution in [1.82, 2.24) is 9.88 Å². The lowest BCUT2D eigenvalue weighted by atomic mass is 10.1. The first kappa shape index (κ1) is 15.8. The second-order valence-electron chi connectivity index (χ2n) is 6.65. The van der Waals surface area contributed by atoms with Crippen LogP contribution in [0.2, 0.25) is 0 Å². The van der Waals surface area contributed by atoms with Gasteiger partial charge in [0.2, 0.25) is 0 Å². The van der Waals surface area contributed by atoms with E-state index >= 15 is 0 Å². The molecule has 25 heavy (non-hydrogen) atoms. The van der Waals surface area contributed by atoms with Crippen molar-refractivity contribution in [3.63, 3.8) is 0 Å². The molecular formula is C20H21N3O2. The summed E-state index contributed by atoms with van der Waals surface area (Å²) in [5.41, 5.74) is 3.12. The largest absolute Gasteiger partial charge is 0.339 e. The highest BCUT2D eigenvalue weighted by Gasteiger charge is 2.26. The normalized spacial score (nSPS) is 16.6. The summed E-state index contributed by atoms with van der Waals surface area (Å²) in [5.74, 6) is -0.116. The molecule has 1 aromatic heterocycles. The minimum absolute atomic E-state index is 0.0244. The zero-order chi connectivity index (χ0) is 17.2. The third kappa shape index (κ3) is 3.02. The summed E-state index contributed by atoms with van der Waals surface area (Å²) in [6.07, 6.45) is 7.24. The second kappa shape index (κ2) is 6.67. The predicted molar refractivity (Wildman–Crippen MR) is 95.8 cm³/mol. The lowest BCUT2D eigenvalue weighted by Crippen LogP contribution is -2.36. The van der Waals surface area contributed by atoms with Crippen LogP contribution in [0.3, 0.4) is 0 Å². The van der Waals surface area contributed by atoms with Crippen LogP contribution in [0.4, 0.5) is 5.69 Å². The molecule has 2 aliphatic rings. The van der Waals surface area contributed by atoms with Crippen molar-refractivity contribution in [1.29, 1.82) is 0 Å². The van der Waals surface area contributed by atoms with E-state index in [0.29, 0.717) is 17.7 Å². The van der Waals surface area contributed by atoms with Gasteiger partial charge in [-0.1, -0.05) is 18.2 Å². The number of carbonyl (C=O) groups excluding carboxylic acids is 2. The average Bonchev–Trinajstić information content (AvgIpc) is 3.12. The van der Waals surface area contributed by atoms with Gasteiger partial charge in [0.1, 0.15) is 0 Å². The number of pyridine rings is 1. The molecule has 4 rings (SSSR count). The average molecular weight is 335 g/mol. The van der Waals surface area contributed by atoms with Crippen molar-refractivity contribution in [3.8, 4) is 0 Å². The van der Waals surface area contributed by atoms with E-state index in [1.54, 1.807) is 23.4 Å². The fourth-order valence-corrected chi connectivity index (χ4v) is 3.66. The van der Waals surface area contributed by atoms with Gasteiger partial charge >= 0.3 is 0 Å². The first-order valence-electron chi connectivity index (χ1n) is 8.88. The van der Waals surface area contributed by atoms with Gasteiger partial charge in [0.15, 0.2) is 0 Å². The third-order valence-corrected chi connectivity index (χ3v) is 5.01. The van der Waals surface area contributed by atoms with Crippen molar-refractivity contribution >= 4 is 17.5 Å². The number of piperidine rings is 1. The van der Waals surface area contributed by atoms with Gasteiger partial charge in [-0.3, -0.25) is 14.6 Å². The molecule has 3 heterocycles. The van der Waals surface area contributed by atoms with E-state index in [9.17, 15) is 9.59 Å². The van der Waals surface area contributed by atoms with Crippen LogP contribution in [-0.2, 0) is 6.42 Å². The van der Waals surface area contributed by atoms with Gasteiger partial charge in [-0.05, 0) is 43.4 Å². The number of carbonyl (C=O) groups is 2. The van der Waals surface area contributed by atoms with E-state index in [0.717, 1.165) is 38.0 Å². The number of likely N-dealkylation sites (tertiary alicyclic amines) is 1. The van der Waals surface area contributed by atoms with E-state index in [4.69, 9.17) is 0 Å². The Bertz CT molecular complexity index is 812. The summed E-state index contributed by atoms with van der Waals surface area (Å²) in [4.78, 5) is 33.4. The molecule has 5 heteroatoms. The minimum Gasteiger partial charge on any atom is -0.339 e. The molecule has 0 N–H and O–H groups in total. The van der Waals surface area contributed by atoms with Crippen LogP contribution < -0.4 is 4.90 Å². The number of benzene rings is 1. The molecule has 2 aromatic rings. The highest BCUT2D eigenvalue weighted by Crippen LogP contribution is 2.28. The summed E-state index contributed by atoms with van der Waals surface area (Å²) < 4.78 is 0. The van der Waals surface area contributed by atoms with Gasteiger partial charge in [0.25, 0.3) is 11.8 Å². The molecule has 0 spiro atoms. The van der Waals surface area contributed by atoms with Crippen molar-refractivity contribution in [2.45, 2.75) is 25.7 Å². The Morgan fingerprint density at radius 2 is 1.60 bits per heavy atom. The van der Waals surface area contributed by atoms with Crippen molar-refractivity contribution < 1.29 is 9.59 Å². The van der Waals surface area contributed by atoms with Gasteiger partial charge < -0.3 is 9.80 Å².